The zero-order chi connectivity index (χ0) is 27.3. The zero-order valence-corrected chi connectivity index (χ0v) is 29.4. The van der Waals surface area contributed by atoms with E-state index >= 15 is 0 Å². The molecule has 0 aromatic rings. The number of thiocarbonyl (C=S) groups is 2. The zero-order valence-electron chi connectivity index (χ0n) is 24.5. The van der Waals surface area contributed by atoms with Crippen LogP contribution in [0.15, 0.2) is 0 Å². The van der Waals surface area contributed by atoms with E-state index in [1.54, 1.807) is 0 Å². The van der Waals surface area contributed by atoms with E-state index in [-0.39, 0.29) is 0 Å². The summed E-state index contributed by atoms with van der Waals surface area (Å²) in [5.74, 6) is 3.58. The molecule has 0 N–H and O–H groups in total. The molecule has 3 fully saturated rings. The van der Waals surface area contributed by atoms with Gasteiger partial charge in [-0.15, -0.1) is 0 Å². The minimum atomic E-state index is 0.688. The fraction of sp³-hybridized carbons (Fsp3) is 0.933. The Morgan fingerprint density at radius 1 is 0.763 bits per heavy atom. The van der Waals surface area contributed by atoms with Crippen molar-refractivity contribution in [2.45, 2.75) is 141 Å². The van der Waals surface area contributed by atoms with Gasteiger partial charge in [-0.2, -0.15) is 0 Å². The topological polar surface area (TPSA) is 6.48 Å². The van der Waals surface area contributed by atoms with E-state index in [1.165, 1.54) is 102 Å². The van der Waals surface area contributed by atoms with Crippen molar-refractivity contribution in [1.82, 2.24) is 9.80 Å². The van der Waals surface area contributed by atoms with E-state index in [1.807, 2.05) is 32.4 Å². The maximum atomic E-state index is 6.02. The van der Waals surface area contributed by atoms with Gasteiger partial charge in [0.15, 0.2) is 0 Å². The van der Waals surface area contributed by atoms with Gasteiger partial charge in [-0.25, -0.2) is 0 Å². The van der Waals surface area contributed by atoms with Crippen molar-refractivity contribution in [3.63, 3.8) is 0 Å². The van der Waals surface area contributed by atoms with E-state index in [2.05, 4.69) is 48.3 Å². The molecule has 0 saturated heterocycles. The highest BCUT2D eigenvalue weighted by atomic mass is 33.1. The molecule has 3 saturated carbocycles. The van der Waals surface area contributed by atoms with Gasteiger partial charge in [-0.3, -0.25) is 0 Å². The molecule has 0 aliphatic heterocycles. The highest BCUT2D eigenvalue weighted by Gasteiger charge is 2.33. The van der Waals surface area contributed by atoms with Gasteiger partial charge in [0, 0.05) is 36.2 Å². The predicted octanol–water partition coefficient (Wildman–Crippen LogP) is 10.8. The quantitative estimate of drug-likeness (QED) is 0.153. The summed E-state index contributed by atoms with van der Waals surface area (Å²) in [7, 11) is 7.94. The fourth-order valence-electron chi connectivity index (χ4n) is 6.60. The van der Waals surface area contributed by atoms with Gasteiger partial charge in [0.05, 0.1) is 0 Å². The Labute approximate surface area is 262 Å². The molecule has 3 aliphatic rings. The van der Waals surface area contributed by atoms with Crippen LogP contribution < -0.4 is 0 Å². The average molecular weight is 635 g/mol. The highest BCUT2D eigenvalue weighted by Crippen LogP contribution is 2.46. The van der Waals surface area contributed by atoms with Gasteiger partial charge in [0.25, 0.3) is 0 Å². The van der Waals surface area contributed by atoms with E-state index < -0.39 is 0 Å². The molecule has 220 valence electrons. The lowest BCUT2D eigenvalue weighted by atomic mass is 9.77. The number of hydrogen-bond donors (Lipinski definition) is 0. The molecule has 0 spiro atoms. The third kappa shape index (κ3) is 10.8. The molecule has 0 bridgehead atoms. The molecule has 0 aromatic heterocycles. The van der Waals surface area contributed by atoms with Crippen molar-refractivity contribution in [2.75, 3.05) is 18.8 Å². The van der Waals surface area contributed by atoms with Crippen LogP contribution in [0.25, 0.3) is 0 Å². The Morgan fingerprint density at radius 3 is 1.82 bits per heavy atom. The van der Waals surface area contributed by atoms with E-state index in [4.69, 9.17) is 24.4 Å². The molecule has 0 radical (unpaired) electrons. The Kier molecular flexibility index (Phi) is 16.5. The van der Waals surface area contributed by atoms with Crippen molar-refractivity contribution in [3.8, 4) is 0 Å². The average Bonchev–Trinajstić information content (AvgIpc) is 2.94. The minimum absolute atomic E-state index is 0.688. The summed E-state index contributed by atoms with van der Waals surface area (Å²) in [6.07, 6.45) is 20.1. The first-order chi connectivity index (χ1) is 18.4. The smallest absolute Gasteiger partial charge is 0.147 e. The SMILES string of the molecule is CCCN(C(=S)SSCC(C)C1CCC(C)C(SSC(=S)N(CCC)C2CCCCC2)C1)C1CCCCC1. The summed E-state index contributed by atoms with van der Waals surface area (Å²) in [5.41, 5.74) is 0. The molecule has 4 unspecified atom stereocenters. The summed E-state index contributed by atoms with van der Waals surface area (Å²) in [6, 6.07) is 1.38. The number of rotatable bonds is 12. The normalized spacial score (nSPS) is 26.2. The predicted molar refractivity (Wildman–Crippen MR) is 188 cm³/mol. The van der Waals surface area contributed by atoms with Gasteiger partial charge in [-0.05, 0) is 97.1 Å². The van der Waals surface area contributed by atoms with Gasteiger partial charge in [0.2, 0.25) is 0 Å². The van der Waals surface area contributed by atoms with Crippen LogP contribution in [0.2, 0.25) is 0 Å². The van der Waals surface area contributed by atoms with E-state index in [0.717, 1.165) is 44.7 Å². The molecule has 3 aliphatic carbocycles. The maximum absolute atomic E-state index is 6.02. The second-order valence-electron chi connectivity index (χ2n) is 12.1. The second kappa shape index (κ2) is 18.7. The molecule has 0 aromatic carbocycles. The van der Waals surface area contributed by atoms with E-state index in [0.29, 0.717) is 12.1 Å². The molecule has 0 heterocycles. The Balaban J connectivity index is 1.43. The van der Waals surface area contributed by atoms with Crippen LogP contribution in [0.1, 0.15) is 124 Å². The summed E-state index contributed by atoms with van der Waals surface area (Å²) < 4.78 is 2.29. The lowest BCUT2D eigenvalue weighted by molar-refractivity contribution is 0.245. The van der Waals surface area contributed by atoms with Crippen LogP contribution in [0, 0.1) is 17.8 Å². The molecule has 4 atom stereocenters. The van der Waals surface area contributed by atoms with Gasteiger partial charge in [-0.1, -0.05) is 112 Å². The summed E-state index contributed by atoms with van der Waals surface area (Å²) >= 11 is 12.0. The van der Waals surface area contributed by atoms with Crippen molar-refractivity contribution >= 4 is 76.3 Å². The summed E-state index contributed by atoms with van der Waals surface area (Å²) in [5, 5.41) is 0.721. The Hall–Kier alpha value is 1.18. The van der Waals surface area contributed by atoms with Crippen molar-refractivity contribution in [3.05, 3.63) is 0 Å². The lowest BCUT2D eigenvalue weighted by Gasteiger charge is -2.38. The Morgan fingerprint density at radius 2 is 1.29 bits per heavy atom. The molecular formula is C30H54N2S6. The molecule has 3 rings (SSSR count). The highest BCUT2D eigenvalue weighted by molar-refractivity contribution is 8.84. The first-order valence-corrected chi connectivity index (χ1v) is 21.0. The summed E-state index contributed by atoms with van der Waals surface area (Å²) in [6.45, 7) is 11.8. The molecule has 8 heteroatoms. The fourth-order valence-corrected chi connectivity index (χ4v) is 13.2. The second-order valence-corrected chi connectivity index (χ2v) is 18.2. The van der Waals surface area contributed by atoms with Crippen LogP contribution in [0.5, 0.6) is 0 Å². The van der Waals surface area contributed by atoms with Gasteiger partial charge in [0.1, 0.15) is 8.64 Å². The van der Waals surface area contributed by atoms with Crippen LogP contribution in [-0.4, -0.2) is 54.6 Å². The van der Waals surface area contributed by atoms with Gasteiger partial charge >= 0.3 is 0 Å². The third-order valence-corrected chi connectivity index (χ3v) is 16.0. The largest absolute Gasteiger partial charge is 0.354 e. The van der Waals surface area contributed by atoms with Crippen LogP contribution >= 0.6 is 67.6 Å². The summed E-state index contributed by atoms with van der Waals surface area (Å²) in [4.78, 5) is 5.16. The minimum Gasteiger partial charge on any atom is -0.354 e. The van der Waals surface area contributed by atoms with Crippen LogP contribution in [0.3, 0.4) is 0 Å². The van der Waals surface area contributed by atoms with Crippen molar-refractivity contribution in [2.24, 2.45) is 17.8 Å². The first kappa shape index (κ1) is 33.7. The number of nitrogens with zero attached hydrogens (tertiary/aromatic N) is 2. The maximum Gasteiger partial charge on any atom is 0.147 e. The monoisotopic (exact) mass is 634 g/mol. The first-order valence-electron chi connectivity index (χ1n) is 15.7. The van der Waals surface area contributed by atoms with Crippen LogP contribution in [0.4, 0.5) is 0 Å². The van der Waals surface area contributed by atoms with Gasteiger partial charge < -0.3 is 9.80 Å². The number of hydrogen-bond acceptors (Lipinski definition) is 6. The van der Waals surface area contributed by atoms with E-state index in [9.17, 15) is 0 Å². The molecule has 38 heavy (non-hydrogen) atoms. The third-order valence-electron chi connectivity index (χ3n) is 9.10. The van der Waals surface area contributed by atoms with Crippen LogP contribution in [-0.2, 0) is 0 Å². The van der Waals surface area contributed by atoms with Crippen molar-refractivity contribution in [1.29, 1.82) is 0 Å². The standard InChI is InChI=1S/C30H54N2S6/c1-5-19-31(26-13-9-7-10-14-26)29(33)37-35-22-24(4)25-18-17-23(3)28(21-25)36-38-30(34)32(20-6-2)27-15-11-8-12-16-27/h23-28H,5-22H2,1-4H3. The molecule has 0 amide bonds. The van der Waals surface area contributed by atoms with Crippen molar-refractivity contribution < 1.29 is 0 Å². The Bertz CT molecular complexity index is 694. The molecule has 2 nitrogen and oxygen atoms in total. The molecular weight excluding hydrogens is 581 g/mol. The lowest BCUT2D eigenvalue weighted by Crippen LogP contribution is -2.39.